The van der Waals surface area contributed by atoms with Crippen molar-refractivity contribution < 1.29 is 41.8 Å². The van der Waals surface area contributed by atoms with Crippen LogP contribution in [0.4, 0.5) is 17.6 Å². The number of nitrogens with one attached hydrogen (secondary N) is 3. The monoisotopic (exact) mass is 1680 g/mol. The first-order valence-electron chi connectivity index (χ1n) is 38.8. The molecule has 33 heteroatoms. The van der Waals surface area contributed by atoms with Crippen LogP contribution in [0, 0.1) is 23.3 Å². The molecule has 3 amide bonds. The van der Waals surface area contributed by atoms with Gasteiger partial charge in [-0.25, -0.2) is 80.3 Å². The quantitative estimate of drug-likeness (QED) is 0.0561. The van der Waals surface area contributed by atoms with Crippen molar-refractivity contribution >= 4 is 90.4 Å². The van der Waals surface area contributed by atoms with Crippen LogP contribution in [0.15, 0.2) is 268 Å². The lowest BCUT2D eigenvalue weighted by Crippen LogP contribution is -2.19. The van der Waals surface area contributed by atoms with E-state index in [0.29, 0.717) is 93.8 Å². The van der Waals surface area contributed by atoms with Crippen LogP contribution in [-0.4, -0.2) is 155 Å². The average molecular weight is 1680 g/mol. The van der Waals surface area contributed by atoms with Gasteiger partial charge >= 0.3 is 5.97 Å². The second kappa shape index (κ2) is 37.4. The van der Waals surface area contributed by atoms with E-state index in [1.807, 2.05) is 97.1 Å². The summed E-state index contributed by atoms with van der Waals surface area (Å²) in [5.74, 6) is -3.61. The predicted octanol–water partition coefficient (Wildman–Crippen LogP) is 14.3. The van der Waals surface area contributed by atoms with Gasteiger partial charge in [0.2, 0.25) is 0 Å². The number of rotatable bonds is 16. The number of carbonyl (C=O) groups is 4. The fourth-order valence-corrected chi connectivity index (χ4v) is 13.9. The molecule has 8 aromatic carbocycles. The number of hydrogen-bond acceptors (Lipinski definition) is 21. The Bertz CT molecular complexity index is 7010. The highest BCUT2D eigenvalue weighted by Gasteiger charge is 2.21. The minimum atomic E-state index is -1.32. The van der Waals surface area contributed by atoms with E-state index >= 15 is 0 Å². The summed E-state index contributed by atoms with van der Waals surface area (Å²) in [6.45, 7) is 0. The number of imidazole rings is 4. The third-order valence-electron chi connectivity index (χ3n) is 20.1. The molecule has 6 N–H and O–H groups in total. The number of hydrogen-bond donors (Lipinski definition) is 5. The summed E-state index contributed by atoms with van der Waals surface area (Å²) in [5.41, 5.74) is 19.4. The number of carbonyl (C=O) groups excluding carboxylic acids is 3. The molecule has 0 fully saturated rings. The number of benzene rings is 8. The minimum absolute atomic E-state index is 0. The molecule has 0 saturated heterocycles. The zero-order valence-electron chi connectivity index (χ0n) is 66.8. The number of aromatic carboxylic acids is 1. The van der Waals surface area contributed by atoms with Crippen LogP contribution in [0.3, 0.4) is 0 Å². The normalized spacial score (nSPS) is 11.0. The highest BCUT2D eigenvalue weighted by Crippen LogP contribution is 2.29. The second-order valence-electron chi connectivity index (χ2n) is 28.1. The van der Waals surface area contributed by atoms with Crippen LogP contribution in [0.2, 0.25) is 0 Å². The zero-order valence-corrected chi connectivity index (χ0v) is 66.8. The third kappa shape index (κ3) is 18.3. The van der Waals surface area contributed by atoms with E-state index in [4.69, 9.17) is 5.11 Å². The summed E-state index contributed by atoms with van der Waals surface area (Å²) in [7, 11) is 5.88. The van der Waals surface area contributed by atoms with Crippen LogP contribution >= 0.6 is 0 Å². The molecule has 0 aliphatic heterocycles. The first-order chi connectivity index (χ1) is 60.9. The number of halogens is 4. The topological polar surface area (TPSA) is 374 Å². The van der Waals surface area contributed by atoms with E-state index < -0.39 is 47.0 Å². The van der Waals surface area contributed by atoms with Crippen molar-refractivity contribution in [3.05, 3.63) is 359 Å². The maximum atomic E-state index is 14.4. The smallest absolute Gasteiger partial charge is 0.338 e. The van der Waals surface area contributed by atoms with Crippen LogP contribution < -0.4 is 21.7 Å². The van der Waals surface area contributed by atoms with Gasteiger partial charge in [0.15, 0.2) is 0 Å². The number of nitrogens with two attached hydrogens (primary N) is 1. The van der Waals surface area contributed by atoms with Gasteiger partial charge in [0, 0.05) is 115 Å². The summed E-state index contributed by atoms with van der Waals surface area (Å²) in [6, 6.07) is 57.0. The maximum absolute atomic E-state index is 14.4. The Labute approximate surface area is 714 Å². The van der Waals surface area contributed by atoms with Crippen molar-refractivity contribution in [3.8, 4) is 45.0 Å². The van der Waals surface area contributed by atoms with E-state index in [1.54, 1.807) is 104 Å². The van der Waals surface area contributed by atoms with E-state index in [9.17, 15) is 36.7 Å². The van der Waals surface area contributed by atoms with Gasteiger partial charge in [-0.2, -0.15) is 20.4 Å². The van der Waals surface area contributed by atoms with Crippen LogP contribution in [0.5, 0.6) is 0 Å². The molecular formula is C93H74F4N24O5. The third-order valence-corrected chi connectivity index (χ3v) is 20.1. The van der Waals surface area contributed by atoms with E-state index in [0.717, 1.165) is 94.7 Å². The summed E-state index contributed by atoms with van der Waals surface area (Å²) < 4.78 is 63.8. The number of pyridine rings is 4. The predicted molar refractivity (Wildman–Crippen MR) is 467 cm³/mol. The van der Waals surface area contributed by atoms with Gasteiger partial charge in [-0.15, -0.1) is 0 Å². The van der Waals surface area contributed by atoms with Gasteiger partial charge in [0.05, 0.1) is 117 Å². The molecule has 0 atom stereocenters. The highest BCUT2D eigenvalue weighted by molar-refractivity contribution is 5.96. The van der Waals surface area contributed by atoms with Gasteiger partial charge in [0.25, 0.3) is 40.8 Å². The molecule has 0 unspecified atom stereocenters. The fourth-order valence-electron chi connectivity index (χ4n) is 13.9. The summed E-state index contributed by atoms with van der Waals surface area (Å²) in [4.78, 5) is 98.2. The Hall–Kier alpha value is -16.8. The largest absolute Gasteiger partial charge is 0.478 e. The Morgan fingerprint density at radius 3 is 0.762 bits per heavy atom. The molecule has 0 aliphatic carbocycles. The Morgan fingerprint density at radius 1 is 0.310 bits per heavy atom. The van der Waals surface area contributed by atoms with Crippen LogP contribution in [0.25, 0.3) is 112 Å². The molecule has 0 saturated carbocycles. The number of carboxylic acid groups (broad SMARTS) is 1. The zero-order chi connectivity index (χ0) is 86.8. The molecular weight excluding hydrogens is 1610 g/mol. The molecule has 29 nitrogen and oxygen atoms in total. The minimum Gasteiger partial charge on any atom is -0.478 e. The van der Waals surface area contributed by atoms with E-state index in [1.165, 1.54) is 82.9 Å². The van der Waals surface area contributed by atoms with Gasteiger partial charge in [0.1, 0.15) is 46.0 Å². The molecule has 20 aromatic rings. The molecule has 12 heterocycles. The standard InChI is InChI=1S/3C23H17FN6O.C22H14FN5O2.CH5N.CH4/c3*1-25-22(31)18-6-5-16(11-19(18)24)21-13-28-23-27-12-17(30(23)29-21)10-14-4-7-20-15(9-14)3-2-8-26-20;23-18-10-15(4-5-17(18)21(29)30)20-12-26-22-25-11-16(28(22)27-20)9-13-3-6-19-14(8-13)2-1-7-24-19;1-2;/h3*2-9,11-13H,10H2,1H3,(H,25,31);1-8,10-12H,9H2,(H,29,30);2H2,1H3;1H4. The first kappa shape index (κ1) is 84.2. The van der Waals surface area contributed by atoms with Gasteiger partial charge in [-0.1, -0.05) is 80.2 Å². The lowest BCUT2D eigenvalue weighted by Gasteiger charge is -2.07. The first-order valence-corrected chi connectivity index (χ1v) is 38.8. The van der Waals surface area contributed by atoms with Gasteiger partial charge < -0.3 is 26.8 Å². The number of amides is 3. The van der Waals surface area contributed by atoms with Crippen molar-refractivity contribution in [1.29, 1.82) is 0 Å². The Kier molecular flexibility index (Phi) is 25.0. The van der Waals surface area contributed by atoms with Gasteiger partial charge in [-0.3, -0.25) is 34.3 Å². The lowest BCUT2D eigenvalue weighted by molar-refractivity contribution is 0.0690. The van der Waals surface area contributed by atoms with E-state index in [2.05, 4.69) is 126 Å². The Balaban J connectivity index is 0.000000128. The summed E-state index contributed by atoms with van der Waals surface area (Å²) >= 11 is 0. The lowest BCUT2D eigenvalue weighted by atomic mass is 10.1. The SMILES string of the molecule is C.CN.CNC(=O)c1ccc(-c2cnc3ncc(Cc4ccc5ncccc5c4)n3n2)cc1F.CNC(=O)c1ccc(-c2cnc3ncc(Cc4ccc5ncccc5c4)n3n2)cc1F.CNC(=O)c1ccc(-c2cnc3ncc(Cc4ccc5ncccc5c4)n3n2)cc1F.O=C(O)c1ccc(-c2cnc3ncc(Cc4ccc5ncccc5c4)n3n2)cc1F. The second-order valence-corrected chi connectivity index (χ2v) is 28.1. The molecule has 20 rings (SSSR count). The van der Waals surface area contributed by atoms with Crippen molar-refractivity contribution in [2.45, 2.75) is 33.1 Å². The van der Waals surface area contributed by atoms with Crippen LogP contribution in [0.1, 0.15) is 93.9 Å². The number of carboxylic acids is 1. The van der Waals surface area contributed by atoms with Crippen molar-refractivity contribution in [1.82, 2.24) is 114 Å². The van der Waals surface area contributed by atoms with Crippen molar-refractivity contribution in [2.24, 2.45) is 5.73 Å². The number of fused-ring (bicyclic) bond motifs is 8. The van der Waals surface area contributed by atoms with E-state index in [-0.39, 0.29) is 29.7 Å². The molecule has 126 heavy (non-hydrogen) atoms. The molecule has 12 aromatic heterocycles. The van der Waals surface area contributed by atoms with Crippen LogP contribution in [-0.2, 0) is 25.7 Å². The van der Waals surface area contributed by atoms with Gasteiger partial charge in [-0.05, 0) is 151 Å². The molecule has 0 radical (unpaired) electrons. The molecule has 0 aliphatic rings. The highest BCUT2D eigenvalue weighted by atomic mass is 19.1. The molecule has 0 bridgehead atoms. The fraction of sp³-hybridized carbons (Fsp3) is 0.0968. The number of aromatic nitrogens is 20. The van der Waals surface area contributed by atoms with Crippen molar-refractivity contribution in [3.63, 3.8) is 0 Å². The average Bonchev–Trinajstić information content (AvgIpc) is 1.62. The Morgan fingerprint density at radius 2 is 0.540 bits per heavy atom. The summed E-state index contributed by atoms with van der Waals surface area (Å²) in [5, 5.41) is 38.9. The van der Waals surface area contributed by atoms with Crippen molar-refractivity contribution in [2.75, 3.05) is 28.2 Å². The number of nitrogens with zero attached hydrogens (tertiary/aromatic N) is 20. The maximum Gasteiger partial charge on any atom is 0.338 e. The summed E-state index contributed by atoms with van der Waals surface area (Å²) in [6.07, 6.45) is 22.5. The molecule has 624 valence electrons. The molecule has 0 spiro atoms.